The van der Waals surface area contributed by atoms with E-state index in [1.807, 2.05) is 29.3 Å². The van der Waals surface area contributed by atoms with E-state index >= 15 is 0 Å². The summed E-state index contributed by atoms with van der Waals surface area (Å²) in [6, 6.07) is 5.96. The van der Waals surface area contributed by atoms with Crippen LogP contribution in [0.15, 0.2) is 30.6 Å². The smallest absolute Gasteiger partial charge is 0.274 e. The SMILES string of the molecule is CCCc1cc(C(=O)N2CCC[C@H]2c2cccnc2)n[nH]1. The topological polar surface area (TPSA) is 61.9 Å². The predicted molar refractivity (Wildman–Crippen MR) is 79.8 cm³/mol. The molecule has 0 saturated carbocycles. The number of aromatic amines is 1. The molecule has 0 bridgehead atoms. The molecule has 0 aromatic carbocycles. The Balaban J connectivity index is 1.79. The van der Waals surface area contributed by atoms with Crippen LogP contribution in [0.25, 0.3) is 0 Å². The van der Waals surface area contributed by atoms with Crippen molar-refractivity contribution < 1.29 is 4.79 Å². The lowest BCUT2D eigenvalue weighted by atomic mass is 10.1. The number of rotatable bonds is 4. The quantitative estimate of drug-likeness (QED) is 0.939. The molecule has 1 N–H and O–H groups in total. The number of nitrogens with one attached hydrogen (secondary N) is 1. The van der Waals surface area contributed by atoms with Crippen LogP contribution >= 0.6 is 0 Å². The maximum Gasteiger partial charge on any atom is 0.274 e. The number of H-pyrrole nitrogens is 1. The molecule has 5 nitrogen and oxygen atoms in total. The normalized spacial score (nSPS) is 18.1. The second-order valence-electron chi connectivity index (χ2n) is 5.47. The van der Waals surface area contributed by atoms with Gasteiger partial charge in [-0.1, -0.05) is 19.4 Å². The van der Waals surface area contributed by atoms with Gasteiger partial charge in [0.25, 0.3) is 5.91 Å². The summed E-state index contributed by atoms with van der Waals surface area (Å²) < 4.78 is 0. The Bertz CT molecular complexity index is 608. The highest BCUT2D eigenvalue weighted by atomic mass is 16.2. The summed E-state index contributed by atoms with van der Waals surface area (Å²) in [5, 5.41) is 7.13. The van der Waals surface area contributed by atoms with Crippen LogP contribution in [0.3, 0.4) is 0 Å². The Morgan fingerprint density at radius 1 is 1.52 bits per heavy atom. The van der Waals surface area contributed by atoms with Crippen LogP contribution in [0.1, 0.15) is 54.0 Å². The average Bonchev–Trinajstić information content (AvgIpc) is 3.17. The number of amides is 1. The molecule has 2 aromatic heterocycles. The van der Waals surface area contributed by atoms with E-state index in [2.05, 4.69) is 22.1 Å². The number of aryl methyl sites for hydroxylation is 1. The molecule has 1 atom stereocenters. The largest absolute Gasteiger partial charge is 0.330 e. The lowest BCUT2D eigenvalue weighted by molar-refractivity contribution is 0.0729. The molecule has 5 heteroatoms. The summed E-state index contributed by atoms with van der Waals surface area (Å²) >= 11 is 0. The van der Waals surface area contributed by atoms with Crippen molar-refractivity contribution in [1.82, 2.24) is 20.1 Å². The molecule has 3 rings (SSSR count). The van der Waals surface area contributed by atoms with E-state index in [1.165, 1.54) is 0 Å². The lowest BCUT2D eigenvalue weighted by Gasteiger charge is -2.23. The van der Waals surface area contributed by atoms with Gasteiger partial charge >= 0.3 is 0 Å². The Morgan fingerprint density at radius 2 is 2.43 bits per heavy atom. The van der Waals surface area contributed by atoms with E-state index in [1.54, 1.807) is 6.20 Å². The summed E-state index contributed by atoms with van der Waals surface area (Å²) in [4.78, 5) is 18.8. The Hall–Kier alpha value is -2.17. The Labute approximate surface area is 124 Å². The molecule has 110 valence electrons. The first-order chi connectivity index (χ1) is 10.3. The van der Waals surface area contributed by atoms with Crippen LogP contribution in [-0.4, -0.2) is 32.5 Å². The van der Waals surface area contributed by atoms with Crippen LogP contribution in [0.2, 0.25) is 0 Å². The summed E-state index contributed by atoms with van der Waals surface area (Å²) in [5.74, 6) is 0.0138. The van der Waals surface area contributed by atoms with Crippen molar-refractivity contribution in [1.29, 1.82) is 0 Å². The monoisotopic (exact) mass is 284 g/mol. The van der Waals surface area contributed by atoms with Crippen LogP contribution < -0.4 is 0 Å². The summed E-state index contributed by atoms with van der Waals surface area (Å²) in [6.07, 6.45) is 7.59. The second-order valence-corrected chi connectivity index (χ2v) is 5.47. The minimum Gasteiger partial charge on any atom is -0.330 e. The van der Waals surface area contributed by atoms with Gasteiger partial charge in [0.1, 0.15) is 5.69 Å². The molecule has 0 aliphatic carbocycles. The molecule has 0 radical (unpaired) electrons. The molecule has 1 aliphatic heterocycles. The molecular formula is C16H20N4O. The van der Waals surface area contributed by atoms with E-state index in [4.69, 9.17) is 0 Å². The average molecular weight is 284 g/mol. The van der Waals surface area contributed by atoms with Gasteiger partial charge in [0.2, 0.25) is 0 Å². The van der Waals surface area contributed by atoms with E-state index in [0.717, 1.165) is 43.5 Å². The third kappa shape index (κ3) is 2.82. The van der Waals surface area contributed by atoms with Crippen molar-refractivity contribution >= 4 is 5.91 Å². The number of hydrogen-bond acceptors (Lipinski definition) is 3. The Morgan fingerprint density at radius 3 is 3.19 bits per heavy atom. The summed E-state index contributed by atoms with van der Waals surface area (Å²) in [7, 11) is 0. The molecule has 21 heavy (non-hydrogen) atoms. The molecule has 1 saturated heterocycles. The minimum absolute atomic E-state index is 0.0138. The Kier molecular flexibility index (Phi) is 3.99. The second kappa shape index (κ2) is 6.08. The number of pyridine rings is 1. The highest BCUT2D eigenvalue weighted by Crippen LogP contribution is 2.32. The van der Waals surface area contributed by atoms with Crippen LogP contribution in [0.5, 0.6) is 0 Å². The molecule has 1 amide bonds. The van der Waals surface area contributed by atoms with E-state index in [9.17, 15) is 4.79 Å². The zero-order chi connectivity index (χ0) is 14.7. The van der Waals surface area contributed by atoms with E-state index in [-0.39, 0.29) is 11.9 Å². The van der Waals surface area contributed by atoms with Crippen molar-refractivity contribution in [3.05, 3.63) is 47.5 Å². The molecule has 3 heterocycles. The van der Waals surface area contributed by atoms with Gasteiger partial charge < -0.3 is 4.90 Å². The highest BCUT2D eigenvalue weighted by Gasteiger charge is 2.31. The third-order valence-corrected chi connectivity index (χ3v) is 3.95. The van der Waals surface area contributed by atoms with Crippen LogP contribution in [0.4, 0.5) is 0 Å². The van der Waals surface area contributed by atoms with Gasteiger partial charge in [-0.3, -0.25) is 14.9 Å². The predicted octanol–water partition coefficient (Wildman–Crippen LogP) is 2.73. The van der Waals surface area contributed by atoms with Gasteiger partial charge in [-0.25, -0.2) is 0 Å². The number of nitrogens with zero attached hydrogens (tertiary/aromatic N) is 3. The standard InChI is InChI=1S/C16H20N4O/c1-2-5-13-10-14(19-18-13)16(21)20-9-4-7-15(20)12-6-3-8-17-11-12/h3,6,8,10-11,15H,2,4-5,7,9H2,1H3,(H,18,19)/t15-/m0/s1. The number of carbonyl (C=O) groups excluding carboxylic acids is 1. The number of carbonyl (C=O) groups is 1. The maximum atomic E-state index is 12.7. The van der Waals surface area contributed by atoms with Gasteiger partial charge in [0, 0.05) is 24.6 Å². The summed E-state index contributed by atoms with van der Waals surface area (Å²) in [6.45, 7) is 2.90. The van der Waals surface area contributed by atoms with Gasteiger partial charge in [0.15, 0.2) is 0 Å². The molecule has 0 unspecified atom stereocenters. The maximum absolute atomic E-state index is 12.7. The van der Waals surface area contributed by atoms with Crippen LogP contribution in [0, 0.1) is 0 Å². The summed E-state index contributed by atoms with van der Waals surface area (Å²) in [5.41, 5.74) is 2.65. The van der Waals surface area contributed by atoms with E-state index in [0.29, 0.717) is 5.69 Å². The molecule has 0 spiro atoms. The van der Waals surface area contributed by atoms with Crippen LogP contribution in [-0.2, 0) is 6.42 Å². The van der Waals surface area contributed by atoms with Gasteiger partial charge in [-0.2, -0.15) is 5.10 Å². The van der Waals surface area contributed by atoms with E-state index < -0.39 is 0 Å². The fourth-order valence-corrected chi connectivity index (χ4v) is 2.95. The number of likely N-dealkylation sites (tertiary alicyclic amines) is 1. The van der Waals surface area contributed by atoms with Gasteiger partial charge in [-0.05, 0) is 37.0 Å². The van der Waals surface area contributed by atoms with Crippen molar-refractivity contribution in [2.75, 3.05) is 6.54 Å². The molecule has 2 aromatic rings. The van der Waals surface area contributed by atoms with Crippen molar-refractivity contribution in [3.63, 3.8) is 0 Å². The first-order valence-electron chi connectivity index (χ1n) is 7.54. The van der Waals surface area contributed by atoms with Crippen molar-refractivity contribution in [2.45, 2.75) is 38.6 Å². The zero-order valence-electron chi connectivity index (χ0n) is 12.2. The minimum atomic E-state index is 0.0138. The first kappa shape index (κ1) is 13.8. The third-order valence-electron chi connectivity index (χ3n) is 3.95. The highest BCUT2D eigenvalue weighted by molar-refractivity contribution is 5.92. The first-order valence-corrected chi connectivity index (χ1v) is 7.54. The molecule has 1 fully saturated rings. The molecule has 1 aliphatic rings. The molecular weight excluding hydrogens is 264 g/mol. The fourth-order valence-electron chi connectivity index (χ4n) is 2.95. The number of hydrogen-bond donors (Lipinski definition) is 1. The zero-order valence-corrected chi connectivity index (χ0v) is 12.2. The van der Waals surface area contributed by atoms with Crippen molar-refractivity contribution in [2.24, 2.45) is 0 Å². The van der Waals surface area contributed by atoms with Crippen molar-refractivity contribution in [3.8, 4) is 0 Å². The van der Waals surface area contributed by atoms with Gasteiger partial charge in [-0.15, -0.1) is 0 Å². The van der Waals surface area contributed by atoms with Gasteiger partial charge in [0.05, 0.1) is 6.04 Å². The lowest BCUT2D eigenvalue weighted by Crippen LogP contribution is -2.30. The number of aromatic nitrogens is 3. The fraction of sp³-hybridized carbons (Fsp3) is 0.438.